The van der Waals surface area contributed by atoms with Crippen molar-refractivity contribution in [3.05, 3.63) is 76.3 Å². The molecule has 150 valence electrons. The number of piperidine rings is 1. The van der Waals surface area contributed by atoms with Gasteiger partial charge in [0.15, 0.2) is 5.82 Å². The molecule has 1 aromatic heterocycles. The maximum absolute atomic E-state index is 12.9. The number of benzene rings is 2. The molecule has 0 aliphatic carbocycles. The number of nitrogens with zero attached hydrogens (tertiary/aromatic N) is 2. The van der Waals surface area contributed by atoms with Crippen LogP contribution >= 0.6 is 0 Å². The number of hydrogen-bond donors (Lipinski definition) is 2. The van der Waals surface area contributed by atoms with Crippen molar-refractivity contribution < 1.29 is 9.69 Å². The molecule has 3 N–H and O–H groups in total. The summed E-state index contributed by atoms with van der Waals surface area (Å²) in [6.07, 6.45) is 3.42. The average molecular weight is 391 g/mol. The summed E-state index contributed by atoms with van der Waals surface area (Å²) in [4.78, 5) is 30.5. The number of nitrogens with two attached hydrogens (primary N) is 1. The van der Waals surface area contributed by atoms with E-state index in [1.807, 2.05) is 18.2 Å². The third-order valence-electron chi connectivity index (χ3n) is 5.84. The van der Waals surface area contributed by atoms with Crippen molar-refractivity contribution in [3.63, 3.8) is 0 Å². The first-order valence-corrected chi connectivity index (χ1v) is 10.2. The molecule has 0 atom stereocenters. The van der Waals surface area contributed by atoms with Crippen LogP contribution in [0.4, 0.5) is 0 Å². The lowest BCUT2D eigenvalue weighted by molar-refractivity contribution is -0.920. The van der Waals surface area contributed by atoms with E-state index in [1.54, 1.807) is 6.07 Å². The largest absolute Gasteiger partial charge is 0.368 e. The normalized spacial score (nSPS) is 19.3. The predicted molar refractivity (Wildman–Crippen MR) is 112 cm³/mol. The average Bonchev–Trinajstić information content (AvgIpc) is 2.73. The summed E-state index contributed by atoms with van der Waals surface area (Å²) in [5.74, 6) is 0.810. The molecule has 1 aliphatic heterocycles. The molecule has 0 radical (unpaired) electrons. The zero-order valence-corrected chi connectivity index (χ0v) is 16.5. The Hall–Kier alpha value is -2.99. The Morgan fingerprint density at radius 3 is 2.48 bits per heavy atom. The third-order valence-corrected chi connectivity index (χ3v) is 5.84. The van der Waals surface area contributed by atoms with Crippen LogP contribution in [-0.4, -0.2) is 28.5 Å². The topological polar surface area (TPSA) is 82.4 Å². The lowest BCUT2D eigenvalue weighted by Gasteiger charge is -2.29. The number of carbonyl (C=O) groups is 1. The van der Waals surface area contributed by atoms with Gasteiger partial charge in [-0.1, -0.05) is 42.5 Å². The molecule has 1 fully saturated rings. The first-order valence-electron chi connectivity index (χ1n) is 10.2. The van der Waals surface area contributed by atoms with Gasteiger partial charge in [-0.25, -0.2) is 4.98 Å². The third kappa shape index (κ3) is 4.54. The molecule has 0 bridgehead atoms. The molecule has 0 spiro atoms. The number of para-hydroxylation sites is 1. The van der Waals surface area contributed by atoms with Gasteiger partial charge in [-0.3, -0.25) is 14.2 Å². The van der Waals surface area contributed by atoms with Crippen LogP contribution in [0.25, 0.3) is 10.9 Å². The van der Waals surface area contributed by atoms with Gasteiger partial charge >= 0.3 is 0 Å². The number of rotatable bonds is 6. The molecule has 1 aliphatic rings. The van der Waals surface area contributed by atoms with Crippen molar-refractivity contribution in [1.82, 2.24) is 9.55 Å². The first-order chi connectivity index (χ1) is 14.1. The van der Waals surface area contributed by atoms with Gasteiger partial charge in [0.2, 0.25) is 5.91 Å². The molecule has 1 amide bonds. The minimum absolute atomic E-state index is 0.129. The van der Waals surface area contributed by atoms with Crippen molar-refractivity contribution in [2.75, 3.05) is 13.1 Å². The minimum atomic E-state index is -0.526. The van der Waals surface area contributed by atoms with Crippen LogP contribution in [0.15, 0.2) is 59.4 Å². The second-order valence-electron chi connectivity index (χ2n) is 7.96. The van der Waals surface area contributed by atoms with Gasteiger partial charge < -0.3 is 10.6 Å². The highest BCUT2D eigenvalue weighted by molar-refractivity contribution is 5.78. The van der Waals surface area contributed by atoms with E-state index in [2.05, 4.69) is 30.3 Å². The van der Waals surface area contributed by atoms with Crippen molar-refractivity contribution in [2.24, 2.45) is 11.7 Å². The molecule has 4 rings (SSSR count). The number of hydrogen-bond acceptors (Lipinski definition) is 3. The number of primary amides is 1. The molecule has 3 aromatic rings. The molecule has 2 heterocycles. The van der Waals surface area contributed by atoms with Crippen LogP contribution in [-0.2, 0) is 24.3 Å². The number of quaternary nitrogens is 1. The van der Waals surface area contributed by atoms with E-state index in [1.165, 1.54) is 15.0 Å². The molecule has 0 unspecified atom stereocenters. The maximum Gasteiger partial charge on any atom is 0.262 e. The van der Waals surface area contributed by atoms with Gasteiger partial charge in [0.05, 0.1) is 24.0 Å². The van der Waals surface area contributed by atoms with Crippen LogP contribution < -0.4 is 16.2 Å². The van der Waals surface area contributed by atoms with Crippen LogP contribution in [0.1, 0.15) is 24.2 Å². The number of aromatic nitrogens is 2. The molecule has 6 nitrogen and oxygen atoms in total. The van der Waals surface area contributed by atoms with Crippen molar-refractivity contribution >= 4 is 16.8 Å². The highest BCUT2D eigenvalue weighted by atomic mass is 16.2. The van der Waals surface area contributed by atoms with Crippen LogP contribution in [0.2, 0.25) is 0 Å². The van der Waals surface area contributed by atoms with Gasteiger partial charge in [-0.05, 0) is 42.9 Å². The Bertz CT molecular complexity index is 1050. The fourth-order valence-electron chi connectivity index (χ4n) is 4.31. The Balaban J connectivity index is 1.49. The quantitative estimate of drug-likeness (QED) is 0.656. The Morgan fingerprint density at radius 2 is 1.76 bits per heavy atom. The zero-order chi connectivity index (χ0) is 20.2. The van der Waals surface area contributed by atoms with Crippen molar-refractivity contribution in [3.8, 4) is 0 Å². The Kier molecular flexibility index (Phi) is 5.71. The zero-order valence-electron chi connectivity index (χ0n) is 16.5. The minimum Gasteiger partial charge on any atom is -0.368 e. The van der Waals surface area contributed by atoms with E-state index >= 15 is 0 Å². The first kappa shape index (κ1) is 19.3. The fraction of sp³-hybridized carbons (Fsp3) is 0.348. The molecular formula is C23H27N4O2+. The second kappa shape index (κ2) is 8.57. The summed E-state index contributed by atoms with van der Waals surface area (Å²) in [6.45, 7) is 2.58. The Labute approximate surface area is 170 Å². The van der Waals surface area contributed by atoms with Crippen molar-refractivity contribution in [2.45, 2.75) is 32.4 Å². The van der Waals surface area contributed by atoms with Crippen molar-refractivity contribution in [1.29, 1.82) is 0 Å². The summed E-state index contributed by atoms with van der Waals surface area (Å²) in [5, 5.41) is 0.522. The van der Waals surface area contributed by atoms with Gasteiger partial charge in [-0.2, -0.15) is 0 Å². The number of nitrogens with one attached hydrogen (secondary N) is 1. The molecule has 2 aromatic carbocycles. The smallest absolute Gasteiger partial charge is 0.262 e. The monoisotopic (exact) mass is 391 g/mol. The lowest BCUT2D eigenvalue weighted by atomic mass is 9.90. The lowest BCUT2D eigenvalue weighted by Crippen LogP contribution is -3.12. The summed E-state index contributed by atoms with van der Waals surface area (Å²) < 4.78 is 1.45. The van der Waals surface area contributed by atoms with E-state index in [0.29, 0.717) is 29.2 Å². The summed E-state index contributed by atoms with van der Waals surface area (Å²) >= 11 is 0. The summed E-state index contributed by atoms with van der Waals surface area (Å²) in [7, 11) is 0. The van der Waals surface area contributed by atoms with Gasteiger partial charge in [0.1, 0.15) is 13.1 Å². The number of likely N-dealkylation sites (tertiary alicyclic amines) is 1. The number of amides is 1. The molecule has 29 heavy (non-hydrogen) atoms. The van der Waals surface area contributed by atoms with E-state index < -0.39 is 5.91 Å². The van der Waals surface area contributed by atoms with Gasteiger partial charge in [0, 0.05) is 0 Å². The maximum atomic E-state index is 12.9. The summed E-state index contributed by atoms with van der Waals surface area (Å²) in [6, 6.07) is 17.9. The second-order valence-corrected chi connectivity index (χ2v) is 7.96. The fourth-order valence-corrected chi connectivity index (χ4v) is 4.31. The van der Waals surface area contributed by atoms with Gasteiger partial charge in [-0.15, -0.1) is 0 Å². The highest BCUT2D eigenvalue weighted by Crippen LogP contribution is 2.16. The van der Waals surface area contributed by atoms with E-state index in [-0.39, 0.29) is 12.1 Å². The van der Waals surface area contributed by atoms with E-state index in [9.17, 15) is 9.59 Å². The highest BCUT2D eigenvalue weighted by Gasteiger charge is 2.24. The summed E-state index contributed by atoms with van der Waals surface area (Å²) in [5.41, 5.74) is 7.27. The van der Waals surface area contributed by atoms with Crippen LogP contribution in [0, 0.1) is 5.92 Å². The van der Waals surface area contributed by atoms with E-state index in [0.717, 1.165) is 32.4 Å². The standard InChI is InChI=1S/C23H26N4O2/c24-21(28)15-27-22(25-20-9-5-4-8-19(20)23(27)29)16-26-12-10-18(11-13-26)14-17-6-2-1-3-7-17/h1-9,18H,10-16H2,(H2,24,28)/p+1. The van der Waals surface area contributed by atoms with E-state index in [4.69, 9.17) is 10.7 Å². The van der Waals surface area contributed by atoms with Crippen LogP contribution in [0.3, 0.4) is 0 Å². The molecule has 1 saturated heterocycles. The van der Waals surface area contributed by atoms with Gasteiger partial charge in [0.25, 0.3) is 5.56 Å². The number of carbonyl (C=O) groups excluding carboxylic acids is 1. The number of fused-ring (bicyclic) bond motifs is 1. The SMILES string of the molecule is NC(=O)Cn1c(C[NH+]2CCC(Cc3ccccc3)CC2)nc2ccccc2c1=O. The molecular weight excluding hydrogens is 364 g/mol. The predicted octanol–water partition coefficient (Wildman–Crippen LogP) is 0.919. The Morgan fingerprint density at radius 1 is 1.07 bits per heavy atom. The molecule has 0 saturated carbocycles. The van der Waals surface area contributed by atoms with Crippen LogP contribution in [0.5, 0.6) is 0 Å². The molecule has 6 heteroatoms.